The van der Waals surface area contributed by atoms with Crippen LogP contribution in [0, 0.1) is 0 Å². The van der Waals surface area contributed by atoms with Gasteiger partial charge in [0, 0.05) is 31.3 Å². The zero-order valence-electron chi connectivity index (χ0n) is 14.0. The number of piperidine rings is 1. The van der Waals surface area contributed by atoms with Crippen LogP contribution >= 0.6 is 11.8 Å². The third-order valence-electron chi connectivity index (χ3n) is 4.13. The van der Waals surface area contributed by atoms with Crippen molar-refractivity contribution in [3.05, 3.63) is 35.9 Å². The van der Waals surface area contributed by atoms with E-state index in [-0.39, 0.29) is 17.9 Å². The predicted octanol–water partition coefficient (Wildman–Crippen LogP) is 3.00. The minimum absolute atomic E-state index is 0.0196. The summed E-state index contributed by atoms with van der Waals surface area (Å²) >= 11 is 1.71. The Hall–Kier alpha value is -1.49. The summed E-state index contributed by atoms with van der Waals surface area (Å²) in [6.07, 6.45) is 2.92. The molecule has 0 aromatic heterocycles. The minimum atomic E-state index is -0.0196. The molecule has 4 nitrogen and oxygen atoms in total. The molecule has 1 saturated heterocycles. The van der Waals surface area contributed by atoms with Crippen molar-refractivity contribution in [1.29, 1.82) is 0 Å². The Balaban J connectivity index is 1.85. The molecule has 0 aliphatic carbocycles. The van der Waals surface area contributed by atoms with Gasteiger partial charge < -0.3 is 10.2 Å². The van der Waals surface area contributed by atoms with Gasteiger partial charge in [0.25, 0.3) is 0 Å². The van der Waals surface area contributed by atoms with Gasteiger partial charge in [-0.15, -0.1) is 11.8 Å². The van der Waals surface area contributed by atoms with Crippen molar-refractivity contribution in [2.75, 3.05) is 18.8 Å². The van der Waals surface area contributed by atoms with Gasteiger partial charge in [-0.25, -0.2) is 0 Å². The molecule has 23 heavy (non-hydrogen) atoms. The molecular weight excluding hydrogens is 308 g/mol. The largest absolute Gasteiger partial charge is 0.352 e. The summed E-state index contributed by atoms with van der Waals surface area (Å²) in [5, 5.41) is 3.29. The van der Waals surface area contributed by atoms with Crippen molar-refractivity contribution in [2.24, 2.45) is 0 Å². The van der Waals surface area contributed by atoms with Gasteiger partial charge in [-0.2, -0.15) is 0 Å². The van der Waals surface area contributed by atoms with Crippen LogP contribution in [0.4, 0.5) is 0 Å². The lowest BCUT2D eigenvalue weighted by Gasteiger charge is -2.33. The van der Waals surface area contributed by atoms with Crippen LogP contribution in [0.15, 0.2) is 30.3 Å². The summed E-state index contributed by atoms with van der Waals surface area (Å²) in [7, 11) is 0. The van der Waals surface area contributed by atoms with Crippen LogP contribution in [0.2, 0.25) is 0 Å². The van der Waals surface area contributed by atoms with Gasteiger partial charge >= 0.3 is 0 Å². The summed E-state index contributed by atoms with van der Waals surface area (Å²) in [6, 6.07) is 10.5. The van der Waals surface area contributed by atoms with E-state index < -0.39 is 0 Å². The Bertz CT molecular complexity index is 521. The zero-order valence-corrected chi connectivity index (χ0v) is 14.8. The molecule has 0 spiro atoms. The highest BCUT2D eigenvalue weighted by Crippen LogP contribution is 2.31. The molecule has 2 rings (SSSR count). The molecule has 5 heteroatoms. The number of nitrogens with zero attached hydrogens (tertiary/aromatic N) is 1. The highest BCUT2D eigenvalue weighted by Gasteiger charge is 2.24. The molecule has 1 aliphatic rings. The second-order valence-corrected chi connectivity index (χ2v) is 7.19. The van der Waals surface area contributed by atoms with E-state index in [1.165, 1.54) is 12.5 Å². The lowest BCUT2D eigenvalue weighted by atomic mass is 10.1. The van der Waals surface area contributed by atoms with Crippen molar-refractivity contribution in [3.63, 3.8) is 0 Å². The van der Waals surface area contributed by atoms with Crippen LogP contribution in [0.25, 0.3) is 0 Å². The SMILES string of the molecule is CC[C@H](SCC(=O)N1CCC[C@@H](NC(C)=O)C1)c1ccccc1. The molecular formula is C18H26N2O2S. The second kappa shape index (κ2) is 8.96. The number of rotatable bonds is 6. The van der Waals surface area contributed by atoms with Crippen molar-refractivity contribution in [3.8, 4) is 0 Å². The lowest BCUT2D eigenvalue weighted by molar-refractivity contribution is -0.130. The predicted molar refractivity (Wildman–Crippen MR) is 95.4 cm³/mol. The maximum Gasteiger partial charge on any atom is 0.232 e. The van der Waals surface area contributed by atoms with Gasteiger partial charge in [-0.1, -0.05) is 37.3 Å². The first-order valence-electron chi connectivity index (χ1n) is 8.31. The van der Waals surface area contributed by atoms with Crippen LogP contribution in [0.5, 0.6) is 0 Å². The number of hydrogen-bond donors (Lipinski definition) is 1. The Morgan fingerprint density at radius 2 is 2.09 bits per heavy atom. The van der Waals surface area contributed by atoms with Gasteiger partial charge in [0.05, 0.1) is 5.75 Å². The number of amides is 2. The van der Waals surface area contributed by atoms with E-state index in [0.717, 1.165) is 25.8 Å². The fourth-order valence-corrected chi connectivity index (χ4v) is 4.10. The molecule has 0 saturated carbocycles. The van der Waals surface area contributed by atoms with Crippen molar-refractivity contribution < 1.29 is 9.59 Å². The van der Waals surface area contributed by atoms with Gasteiger partial charge in [-0.05, 0) is 24.8 Å². The van der Waals surface area contributed by atoms with Crippen molar-refractivity contribution in [1.82, 2.24) is 10.2 Å². The van der Waals surface area contributed by atoms with Gasteiger partial charge in [0.2, 0.25) is 11.8 Å². The fourth-order valence-electron chi connectivity index (χ4n) is 2.99. The maximum atomic E-state index is 12.5. The number of thioether (sulfide) groups is 1. The first kappa shape index (κ1) is 17.9. The second-order valence-electron chi connectivity index (χ2n) is 6.00. The van der Waals surface area contributed by atoms with Gasteiger partial charge in [0.1, 0.15) is 0 Å². The van der Waals surface area contributed by atoms with E-state index in [2.05, 4.69) is 24.4 Å². The zero-order chi connectivity index (χ0) is 16.7. The first-order chi connectivity index (χ1) is 11.1. The van der Waals surface area contributed by atoms with Crippen molar-refractivity contribution >= 4 is 23.6 Å². The molecule has 0 radical (unpaired) electrons. The summed E-state index contributed by atoms with van der Waals surface area (Å²) in [5.41, 5.74) is 1.28. The van der Waals surface area contributed by atoms with E-state index in [9.17, 15) is 9.59 Å². The third-order valence-corrected chi connectivity index (χ3v) is 5.55. The number of nitrogens with one attached hydrogen (secondary N) is 1. The Kier molecular flexibility index (Phi) is 6.96. The molecule has 0 unspecified atom stereocenters. The number of hydrogen-bond acceptors (Lipinski definition) is 3. The maximum absolute atomic E-state index is 12.5. The standard InChI is InChI=1S/C18H26N2O2S/c1-3-17(15-8-5-4-6-9-15)23-13-18(22)20-11-7-10-16(12-20)19-14(2)21/h4-6,8-9,16-17H,3,7,10-13H2,1-2H3,(H,19,21)/t16-,17+/m1/s1. The molecule has 1 aromatic rings. The number of carbonyl (C=O) groups excluding carboxylic acids is 2. The summed E-state index contributed by atoms with van der Waals surface area (Å²) < 4.78 is 0. The molecule has 0 bridgehead atoms. The smallest absolute Gasteiger partial charge is 0.232 e. The van der Waals surface area contributed by atoms with E-state index in [0.29, 0.717) is 17.5 Å². The molecule has 1 aliphatic heterocycles. The van der Waals surface area contributed by atoms with Crippen LogP contribution in [0.3, 0.4) is 0 Å². The lowest BCUT2D eigenvalue weighted by Crippen LogP contribution is -2.49. The first-order valence-corrected chi connectivity index (χ1v) is 9.36. The number of carbonyl (C=O) groups is 2. The molecule has 2 amide bonds. The normalized spacial score (nSPS) is 19.2. The van der Waals surface area contributed by atoms with Gasteiger partial charge in [-0.3, -0.25) is 9.59 Å². The van der Waals surface area contributed by atoms with Crippen molar-refractivity contribution in [2.45, 2.75) is 44.4 Å². The molecule has 1 aromatic carbocycles. The fraction of sp³-hybridized carbons (Fsp3) is 0.556. The van der Waals surface area contributed by atoms with E-state index >= 15 is 0 Å². The van der Waals surface area contributed by atoms with Crippen LogP contribution < -0.4 is 5.32 Å². The average molecular weight is 334 g/mol. The summed E-state index contributed by atoms with van der Waals surface area (Å²) in [5.74, 6) is 0.661. The molecule has 1 N–H and O–H groups in total. The summed E-state index contributed by atoms with van der Waals surface area (Å²) in [6.45, 7) is 5.13. The molecule has 126 valence electrons. The topological polar surface area (TPSA) is 49.4 Å². The third kappa shape index (κ3) is 5.57. The highest BCUT2D eigenvalue weighted by atomic mass is 32.2. The Labute approximate surface area is 143 Å². The van der Waals surface area contributed by atoms with Crippen LogP contribution in [-0.2, 0) is 9.59 Å². The van der Waals surface area contributed by atoms with E-state index in [1.54, 1.807) is 11.8 Å². The Morgan fingerprint density at radius 1 is 1.35 bits per heavy atom. The monoisotopic (exact) mass is 334 g/mol. The Morgan fingerprint density at radius 3 is 2.74 bits per heavy atom. The minimum Gasteiger partial charge on any atom is -0.352 e. The number of likely N-dealkylation sites (tertiary alicyclic amines) is 1. The number of benzene rings is 1. The van der Waals surface area contributed by atoms with Crippen LogP contribution in [0.1, 0.15) is 43.9 Å². The quantitative estimate of drug-likeness (QED) is 0.870. The highest BCUT2D eigenvalue weighted by molar-refractivity contribution is 8.00. The summed E-state index contributed by atoms with van der Waals surface area (Å²) in [4.78, 5) is 25.6. The van der Waals surface area contributed by atoms with E-state index in [4.69, 9.17) is 0 Å². The molecule has 1 heterocycles. The van der Waals surface area contributed by atoms with Gasteiger partial charge in [0.15, 0.2) is 0 Å². The van der Waals surface area contributed by atoms with Crippen LogP contribution in [-0.4, -0.2) is 41.6 Å². The van der Waals surface area contributed by atoms with E-state index in [1.807, 2.05) is 23.1 Å². The molecule has 1 fully saturated rings. The average Bonchev–Trinajstić information content (AvgIpc) is 2.56. The molecule has 2 atom stereocenters.